The molecule has 0 atom stereocenters. The first kappa shape index (κ1) is 15.6. The van der Waals surface area contributed by atoms with Crippen LogP contribution in [0.1, 0.15) is 0 Å². The van der Waals surface area contributed by atoms with Gasteiger partial charge in [0.25, 0.3) is 0 Å². The number of hydrogen-bond acceptors (Lipinski definition) is 5. The maximum atomic E-state index is 12.4. The molecular formula is C16H14N4O4S. The van der Waals surface area contributed by atoms with Crippen LogP contribution in [0.4, 0.5) is 0 Å². The summed E-state index contributed by atoms with van der Waals surface area (Å²) in [7, 11) is -3.71. The molecule has 2 aromatic carbocycles. The molecule has 0 amide bonds. The molecule has 2 heterocycles. The lowest BCUT2D eigenvalue weighted by molar-refractivity contribution is 0.553. The molecule has 0 saturated carbocycles. The molecule has 0 unspecified atom stereocenters. The van der Waals surface area contributed by atoms with E-state index < -0.39 is 15.8 Å². The van der Waals surface area contributed by atoms with E-state index in [1.54, 1.807) is 6.33 Å². The molecule has 2 aromatic heterocycles. The van der Waals surface area contributed by atoms with Crippen molar-refractivity contribution in [2.45, 2.75) is 11.4 Å². The number of rotatable bonds is 5. The molecule has 0 radical (unpaired) electrons. The minimum atomic E-state index is -3.71. The standard InChI is InChI=1S/C16H14N4O4S/c21-16-19-13-6-5-11(9-15(13)24-16)25(22,23)18-7-8-20-10-17-12-3-1-2-4-14(12)20/h1-6,9-10,18H,7-8H2,(H,19,21). The number of H-pyrrole nitrogens is 1. The highest BCUT2D eigenvalue weighted by atomic mass is 32.2. The molecule has 25 heavy (non-hydrogen) atoms. The zero-order valence-corrected chi connectivity index (χ0v) is 13.8. The Hall–Kier alpha value is -2.91. The Kier molecular flexibility index (Phi) is 3.66. The SMILES string of the molecule is O=c1[nH]c2ccc(S(=O)(=O)NCCn3cnc4ccccc43)cc2o1. The number of benzene rings is 2. The van der Waals surface area contributed by atoms with Gasteiger partial charge in [0.05, 0.1) is 27.8 Å². The van der Waals surface area contributed by atoms with Crippen LogP contribution in [0.2, 0.25) is 0 Å². The lowest BCUT2D eigenvalue weighted by Crippen LogP contribution is -2.27. The average Bonchev–Trinajstić information content (AvgIpc) is 3.16. The van der Waals surface area contributed by atoms with E-state index in [1.165, 1.54) is 18.2 Å². The maximum Gasteiger partial charge on any atom is 0.417 e. The van der Waals surface area contributed by atoms with Gasteiger partial charge in [0, 0.05) is 19.2 Å². The summed E-state index contributed by atoms with van der Waals surface area (Å²) in [5, 5.41) is 0. The average molecular weight is 358 g/mol. The van der Waals surface area contributed by atoms with Crippen molar-refractivity contribution < 1.29 is 12.8 Å². The van der Waals surface area contributed by atoms with Crippen LogP contribution < -0.4 is 10.5 Å². The largest absolute Gasteiger partial charge is 0.417 e. The first-order chi connectivity index (χ1) is 12.0. The second-order valence-corrected chi connectivity index (χ2v) is 7.26. The summed E-state index contributed by atoms with van der Waals surface area (Å²) in [5.41, 5.74) is 2.46. The van der Waals surface area contributed by atoms with Gasteiger partial charge in [-0.2, -0.15) is 0 Å². The summed E-state index contributed by atoms with van der Waals surface area (Å²) in [6.45, 7) is 0.652. The van der Waals surface area contributed by atoms with E-state index in [2.05, 4.69) is 14.7 Å². The summed E-state index contributed by atoms with van der Waals surface area (Å²) >= 11 is 0. The van der Waals surface area contributed by atoms with Gasteiger partial charge in [-0.1, -0.05) is 12.1 Å². The molecule has 128 valence electrons. The molecule has 0 fully saturated rings. The van der Waals surface area contributed by atoms with Crippen molar-refractivity contribution in [3.8, 4) is 0 Å². The van der Waals surface area contributed by atoms with Gasteiger partial charge < -0.3 is 8.98 Å². The van der Waals surface area contributed by atoms with Crippen LogP contribution in [0.5, 0.6) is 0 Å². The van der Waals surface area contributed by atoms with E-state index in [0.29, 0.717) is 12.1 Å². The summed E-state index contributed by atoms with van der Waals surface area (Å²) in [6.07, 6.45) is 1.68. The first-order valence-electron chi connectivity index (χ1n) is 7.55. The van der Waals surface area contributed by atoms with E-state index in [1.807, 2.05) is 28.8 Å². The van der Waals surface area contributed by atoms with Crippen molar-refractivity contribution in [3.05, 3.63) is 59.3 Å². The second-order valence-electron chi connectivity index (χ2n) is 5.50. The quantitative estimate of drug-likeness (QED) is 0.561. The summed E-state index contributed by atoms with van der Waals surface area (Å²) in [6, 6.07) is 11.9. The maximum absolute atomic E-state index is 12.4. The zero-order valence-electron chi connectivity index (χ0n) is 13.0. The van der Waals surface area contributed by atoms with Gasteiger partial charge >= 0.3 is 5.76 Å². The molecule has 0 aliphatic rings. The summed E-state index contributed by atoms with van der Waals surface area (Å²) in [4.78, 5) is 17.9. The van der Waals surface area contributed by atoms with Crippen LogP contribution >= 0.6 is 0 Å². The Labute approximate surface area is 142 Å². The molecular weight excluding hydrogens is 344 g/mol. The van der Waals surface area contributed by atoms with Crippen LogP contribution in [-0.4, -0.2) is 29.5 Å². The van der Waals surface area contributed by atoms with Crippen LogP contribution in [-0.2, 0) is 16.6 Å². The van der Waals surface area contributed by atoms with Gasteiger partial charge in [-0.3, -0.25) is 4.98 Å². The van der Waals surface area contributed by atoms with E-state index in [4.69, 9.17) is 4.42 Å². The molecule has 9 heteroatoms. The second kappa shape index (κ2) is 5.87. The number of aromatic amines is 1. The fraction of sp³-hybridized carbons (Fsp3) is 0.125. The molecule has 0 spiro atoms. The monoisotopic (exact) mass is 358 g/mol. The van der Waals surface area contributed by atoms with Crippen molar-refractivity contribution in [1.29, 1.82) is 0 Å². The van der Waals surface area contributed by atoms with Gasteiger partial charge in [0.1, 0.15) is 0 Å². The Morgan fingerprint density at radius 2 is 2.04 bits per heavy atom. The van der Waals surface area contributed by atoms with Crippen LogP contribution in [0.25, 0.3) is 22.1 Å². The van der Waals surface area contributed by atoms with Crippen LogP contribution in [0, 0.1) is 0 Å². The molecule has 8 nitrogen and oxygen atoms in total. The number of nitrogens with zero attached hydrogens (tertiary/aromatic N) is 2. The molecule has 0 bridgehead atoms. The Morgan fingerprint density at radius 1 is 1.20 bits per heavy atom. The molecule has 0 aliphatic heterocycles. The number of fused-ring (bicyclic) bond motifs is 2. The van der Waals surface area contributed by atoms with Gasteiger partial charge in [-0.15, -0.1) is 0 Å². The number of aromatic nitrogens is 3. The van der Waals surface area contributed by atoms with Crippen LogP contribution in [0.15, 0.2) is 62.9 Å². The van der Waals surface area contributed by atoms with Crippen molar-refractivity contribution in [3.63, 3.8) is 0 Å². The Bertz CT molecular complexity index is 1220. The molecule has 0 aliphatic carbocycles. The van der Waals surface area contributed by atoms with Crippen LogP contribution in [0.3, 0.4) is 0 Å². The third kappa shape index (κ3) is 2.94. The van der Waals surface area contributed by atoms with Gasteiger partial charge in [0.15, 0.2) is 5.58 Å². The van der Waals surface area contributed by atoms with E-state index in [0.717, 1.165) is 11.0 Å². The normalized spacial score (nSPS) is 12.2. The fourth-order valence-electron chi connectivity index (χ4n) is 2.67. The van der Waals surface area contributed by atoms with Crippen molar-refractivity contribution in [2.24, 2.45) is 0 Å². The molecule has 2 N–H and O–H groups in total. The van der Waals surface area contributed by atoms with Gasteiger partial charge in [0.2, 0.25) is 10.0 Å². The van der Waals surface area contributed by atoms with E-state index >= 15 is 0 Å². The number of imidazole rings is 1. The lowest BCUT2D eigenvalue weighted by atomic mass is 10.3. The number of oxazole rings is 1. The van der Waals surface area contributed by atoms with Gasteiger partial charge in [-0.05, 0) is 24.3 Å². The van der Waals surface area contributed by atoms with Crippen molar-refractivity contribution in [2.75, 3.05) is 6.54 Å². The predicted molar refractivity (Wildman–Crippen MR) is 91.8 cm³/mol. The highest BCUT2D eigenvalue weighted by Gasteiger charge is 2.15. The third-order valence-electron chi connectivity index (χ3n) is 3.87. The number of hydrogen-bond donors (Lipinski definition) is 2. The van der Waals surface area contributed by atoms with Crippen molar-refractivity contribution in [1.82, 2.24) is 19.3 Å². The van der Waals surface area contributed by atoms with E-state index in [9.17, 15) is 13.2 Å². The Morgan fingerprint density at radius 3 is 2.92 bits per heavy atom. The highest BCUT2D eigenvalue weighted by Crippen LogP contribution is 2.16. The van der Waals surface area contributed by atoms with Crippen molar-refractivity contribution >= 4 is 32.2 Å². The third-order valence-corrected chi connectivity index (χ3v) is 5.33. The zero-order chi connectivity index (χ0) is 17.4. The predicted octanol–water partition coefficient (Wildman–Crippen LogP) is 1.45. The molecule has 0 saturated heterocycles. The molecule has 4 aromatic rings. The smallest absolute Gasteiger partial charge is 0.408 e. The Balaban J connectivity index is 1.51. The molecule has 4 rings (SSSR count). The summed E-state index contributed by atoms with van der Waals surface area (Å²) < 4.78 is 34.1. The fourth-order valence-corrected chi connectivity index (χ4v) is 3.70. The lowest BCUT2D eigenvalue weighted by Gasteiger charge is -2.08. The number of sulfonamides is 1. The number of para-hydroxylation sites is 2. The topological polar surface area (TPSA) is 110 Å². The van der Waals surface area contributed by atoms with Gasteiger partial charge in [-0.25, -0.2) is 22.9 Å². The minimum Gasteiger partial charge on any atom is -0.408 e. The summed E-state index contributed by atoms with van der Waals surface area (Å²) in [5.74, 6) is -0.621. The number of nitrogens with one attached hydrogen (secondary N) is 2. The van der Waals surface area contributed by atoms with E-state index in [-0.39, 0.29) is 17.0 Å². The highest BCUT2D eigenvalue weighted by molar-refractivity contribution is 7.89. The minimum absolute atomic E-state index is 0.0400. The first-order valence-corrected chi connectivity index (χ1v) is 9.04.